The maximum absolute atomic E-state index is 5.17. The van der Waals surface area contributed by atoms with Gasteiger partial charge in [-0.15, -0.1) is 0 Å². The summed E-state index contributed by atoms with van der Waals surface area (Å²) in [5, 5.41) is 7.68. The second-order valence-corrected chi connectivity index (χ2v) is 6.47. The minimum absolute atomic E-state index is 0.399. The van der Waals surface area contributed by atoms with E-state index in [0.29, 0.717) is 12.0 Å². The van der Waals surface area contributed by atoms with E-state index in [1.54, 1.807) is 24.2 Å². The number of hydrogen-bond donors (Lipinski definition) is 2. The zero-order chi connectivity index (χ0) is 17.5. The number of anilines is 1. The second kappa shape index (κ2) is 8.59. The first-order chi connectivity index (χ1) is 12.2. The maximum Gasteiger partial charge on any atom is 0.248 e. The lowest BCUT2D eigenvalue weighted by Crippen LogP contribution is -2.27. The van der Waals surface area contributed by atoms with Crippen LogP contribution in [0.1, 0.15) is 18.9 Å². The highest BCUT2D eigenvalue weighted by Crippen LogP contribution is 2.14. The monoisotopic (exact) mass is 358 g/mol. The Labute approximate surface area is 151 Å². The third-order valence-electron chi connectivity index (χ3n) is 3.82. The third kappa shape index (κ3) is 5.01. The van der Waals surface area contributed by atoms with Gasteiger partial charge < -0.3 is 15.4 Å². The zero-order valence-corrected chi connectivity index (χ0v) is 15.2. The Morgan fingerprint density at radius 2 is 2.12 bits per heavy atom. The summed E-state index contributed by atoms with van der Waals surface area (Å²) < 4.78 is 11.3. The molecular weight excluding hydrogens is 336 g/mol. The van der Waals surface area contributed by atoms with Crippen LogP contribution < -0.4 is 15.4 Å². The Hall–Kier alpha value is -2.45. The molecule has 1 atom stereocenters. The van der Waals surface area contributed by atoms with Crippen LogP contribution in [-0.4, -0.2) is 38.6 Å². The molecule has 0 spiro atoms. The fourth-order valence-corrected chi connectivity index (χ4v) is 2.90. The first-order valence-corrected chi connectivity index (χ1v) is 8.94. The van der Waals surface area contributed by atoms with Crippen LogP contribution in [0.15, 0.2) is 43.0 Å². The Morgan fingerprint density at radius 1 is 1.28 bits per heavy atom. The average molecular weight is 358 g/mol. The lowest BCUT2D eigenvalue weighted by molar-refractivity contribution is 0.414. The molecule has 132 valence electrons. The van der Waals surface area contributed by atoms with E-state index in [0.717, 1.165) is 30.4 Å². The smallest absolute Gasteiger partial charge is 0.248 e. The van der Waals surface area contributed by atoms with E-state index >= 15 is 0 Å². The number of hydrogen-bond acceptors (Lipinski definition) is 7. The molecule has 2 aromatic heterocycles. The molecule has 1 aromatic carbocycles. The fourth-order valence-electron chi connectivity index (χ4n) is 2.30. The zero-order valence-electron chi connectivity index (χ0n) is 14.3. The molecule has 0 saturated heterocycles. The minimum atomic E-state index is 0.399. The van der Waals surface area contributed by atoms with Crippen molar-refractivity contribution in [1.82, 2.24) is 24.2 Å². The van der Waals surface area contributed by atoms with Crippen molar-refractivity contribution >= 4 is 16.7 Å². The van der Waals surface area contributed by atoms with Crippen molar-refractivity contribution in [2.75, 3.05) is 19.0 Å². The fraction of sp³-hybridized carbons (Fsp3) is 0.353. The van der Waals surface area contributed by atoms with Crippen LogP contribution in [0.4, 0.5) is 5.13 Å². The Bertz CT molecular complexity index is 756. The predicted octanol–water partition coefficient (Wildman–Crippen LogP) is 2.71. The van der Waals surface area contributed by atoms with Crippen molar-refractivity contribution < 1.29 is 4.74 Å². The maximum atomic E-state index is 5.17. The van der Waals surface area contributed by atoms with Crippen molar-refractivity contribution in [3.63, 3.8) is 0 Å². The highest BCUT2D eigenvalue weighted by atomic mass is 32.1. The standard InChI is InChI=1S/C17H22N6OS/c1-13(20-11-14-3-5-15(24-2)6-4-14)7-8-19-17-21-16(22-25-17)23-10-9-18-12-23/h3-6,9-10,12-13,20H,7-8,11H2,1-2H3,(H,19,21,22). The summed E-state index contributed by atoms with van der Waals surface area (Å²) >= 11 is 1.36. The van der Waals surface area contributed by atoms with Crippen LogP contribution in [0.25, 0.3) is 5.95 Å². The van der Waals surface area contributed by atoms with Gasteiger partial charge in [0.15, 0.2) is 0 Å². The first kappa shape index (κ1) is 17.4. The van der Waals surface area contributed by atoms with Crippen LogP contribution in [0, 0.1) is 0 Å². The molecular formula is C17H22N6OS. The summed E-state index contributed by atoms with van der Waals surface area (Å²) in [4.78, 5) is 8.45. The molecule has 0 aliphatic heterocycles. The molecule has 0 saturated carbocycles. The number of nitrogens with one attached hydrogen (secondary N) is 2. The van der Waals surface area contributed by atoms with E-state index in [2.05, 4.69) is 44.0 Å². The molecule has 3 rings (SSSR count). The molecule has 0 fully saturated rings. The molecule has 0 radical (unpaired) electrons. The van der Waals surface area contributed by atoms with Crippen molar-refractivity contribution in [2.24, 2.45) is 0 Å². The number of ether oxygens (including phenoxy) is 1. The van der Waals surface area contributed by atoms with E-state index in [1.165, 1.54) is 17.1 Å². The molecule has 7 nitrogen and oxygen atoms in total. The molecule has 3 aromatic rings. The highest BCUT2D eigenvalue weighted by Gasteiger charge is 2.06. The SMILES string of the molecule is COc1ccc(CNC(C)CCNc2nc(-n3ccnc3)ns2)cc1. The molecule has 25 heavy (non-hydrogen) atoms. The van der Waals surface area contributed by atoms with Crippen molar-refractivity contribution in [3.8, 4) is 11.7 Å². The Morgan fingerprint density at radius 3 is 2.84 bits per heavy atom. The van der Waals surface area contributed by atoms with Gasteiger partial charge in [-0.05, 0) is 31.0 Å². The predicted molar refractivity (Wildman–Crippen MR) is 99.4 cm³/mol. The van der Waals surface area contributed by atoms with E-state index < -0.39 is 0 Å². The largest absolute Gasteiger partial charge is 0.497 e. The average Bonchev–Trinajstić information content (AvgIpc) is 3.32. The van der Waals surface area contributed by atoms with Gasteiger partial charge in [0.25, 0.3) is 0 Å². The molecule has 0 bridgehead atoms. The second-order valence-electron chi connectivity index (χ2n) is 5.71. The summed E-state index contributed by atoms with van der Waals surface area (Å²) in [6, 6.07) is 8.52. The van der Waals surface area contributed by atoms with E-state index in [4.69, 9.17) is 4.74 Å². The highest BCUT2D eigenvalue weighted by molar-refractivity contribution is 7.09. The molecule has 0 aliphatic carbocycles. The van der Waals surface area contributed by atoms with Gasteiger partial charge in [0.1, 0.15) is 12.1 Å². The summed E-state index contributed by atoms with van der Waals surface area (Å²) in [6.45, 7) is 3.87. The molecule has 1 unspecified atom stereocenters. The third-order valence-corrected chi connectivity index (χ3v) is 4.48. The Kier molecular flexibility index (Phi) is 5.97. The van der Waals surface area contributed by atoms with Crippen molar-refractivity contribution in [2.45, 2.75) is 25.9 Å². The van der Waals surface area contributed by atoms with E-state index in [1.807, 2.05) is 18.3 Å². The van der Waals surface area contributed by atoms with Crippen LogP contribution in [0.3, 0.4) is 0 Å². The van der Waals surface area contributed by atoms with Gasteiger partial charge in [-0.2, -0.15) is 9.36 Å². The van der Waals surface area contributed by atoms with Crippen LogP contribution in [-0.2, 0) is 6.54 Å². The summed E-state index contributed by atoms with van der Waals surface area (Å²) in [5.41, 5.74) is 1.25. The number of rotatable bonds is 9. The van der Waals surface area contributed by atoms with Crippen LogP contribution in [0.5, 0.6) is 5.75 Å². The van der Waals surface area contributed by atoms with Gasteiger partial charge in [0.2, 0.25) is 11.1 Å². The summed E-state index contributed by atoms with van der Waals surface area (Å²) in [5.74, 6) is 1.53. The number of benzene rings is 1. The normalized spacial score (nSPS) is 12.1. The summed E-state index contributed by atoms with van der Waals surface area (Å²) in [6.07, 6.45) is 6.23. The molecule has 0 aliphatic rings. The van der Waals surface area contributed by atoms with Crippen LogP contribution >= 0.6 is 11.5 Å². The molecule has 0 amide bonds. The van der Waals surface area contributed by atoms with Gasteiger partial charge >= 0.3 is 0 Å². The van der Waals surface area contributed by atoms with Gasteiger partial charge in [0.05, 0.1) is 7.11 Å². The quantitative estimate of drug-likeness (QED) is 0.612. The lowest BCUT2D eigenvalue weighted by Gasteiger charge is -2.14. The van der Waals surface area contributed by atoms with E-state index in [-0.39, 0.29) is 0 Å². The lowest BCUT2D eigenvalue weighted by atomic mass is 10.2. The van der Waals surface area contributed by atoms with Crippen molar-refractivity contribution in [1.29, 1.82) is 0 Å². The van der Waals surface area contributed by atoms with Gasteiger partial charge in [-0.25, -0.2) is 4.98 Å². The first-order valence-electron chi connectivity index (χ1n) is 8.17. The van der Waals surface area contributed by atoms with Gasteiger partial charge in [-0.1, -0.05) is 12.1 Å². The van der Waals surface area contributed by atoms with Crippen LogP contribution in [0.2, 0.25) is 0 Å². The topological polar surface area (TPSA) is 76.9 Å². The summed E-state index contributed by atoms with van der Waals surface area (Å²) in [7, 11) is 1.68. The number of imidazole rings is 1. The van der Waals surface area contributed by atoms with Gasteiger partial charge in [0, 0.05) is 43.1 Å². The molecule has 2 heterocycles. The molecule has 8 heteroatoms. The van der Waals surface area contributed by atoms with Gasteiger partial charge in [-0.3, -0.25) is 4.57 Å². The molecule has 2 N–H and O–H groups in total. The number of nitrogens with zero attached hydrogens (tertiary/aromatic N) is 4. The Balaban J connectivity index is 1.38. The number of methoxy groups -OCH3 is 1. The number of aromatic nitrogens is 4. The minimum Gasteiger partial charge on any atom is -0.497 e. The van der Waals surface area contributed by atoms with Crippen molar-refractivity contribution in [3.05, 3.63) is 48.5 Å². The van der Waals surface area contributed by atoms with E-state index in [9.17, 15) is 0 Å².